The van der Waals surface area contributed by atoms with E-state index in [1.165, 1.54) is 0 Å². The molecule has 8 heteroatoms. The van der Waals surface area contributed by atoms with Crippen LogP contribution >= 0.6 is 0 Å². The molecule has 3 amide bonds. The Bertz CT molecular complexity index is 1520. The molecule has 1 atom stereocenters. The van der Waals surface area contributed by atoms with Gasteiger partial charge in [0.1, 0.15) is 6.23 Å². The molecule has 0 aliphatic carbocycles. The third-order valence-electron chi connectivity index (χ3n) is 6.76. The van der Waals surface area contributed by atoms with E-state index in [9.17, 15) is 19.5 Å². The highest BCUT2D eigenvalue weighted by Gasteiger charge is 2.13. The van der Waals surface area contributed by atoms with Crippen molar-refractivity contribution in [2.24, 2.45) is 0 Å². The topological polar surface area (TPSA) is 120 Å². The standard InChI is InChI=1S/C32H30N4O4/c37-29-25-3-1-4-26(15-25)30(38)34-18-22-9-13-24(14-10-22)20-36-32(40)28-6-2-5-27(16-28)31(39)35-19-23-11-7-21(8-12-23)17-33-29/h1-16,29,33,37H,17-20H2,(H,34,38)(H,35,39)(H,36,40). The smallest absolute Gasteiger partial charge is 0.251 e. The van der Waals surface area contributed by atoms with Crippen molar-refractivity contribution in [3.8, 4) is 0 Å². The second kappa shape index (κ2) is 12.4. The molecular formula is C32H30N4O4. The normalized spacial score (nSPS) is 16.6. The predicted octanol–water partition coefficient (Wildman–Crippen LogP) is 3.57. The van der Waals surface area contributed by atoms with Crippen molar-refractivity contribution in [3.63, 3.8) is 0 Å². The van der Waals surface area contributed by atoms with Crippen molar-refractivity contribution < 1.29 is 19.5 Å². The first kappa shape index (κ1) is 26.8. The van der Waals surface area contributed by atoms with Gasteiger partial charge in [-0.15, -0.1) is 0 Å². The lowest BCUT2D eigenvalue weighted by molar-refractivity contribution is 0.0939. The van der Waals surface area contributed by atoms with Gasteiger partial charge in [0, 0.05) is 42.9 Å². The molecule has 5 N–H and O–H groups in total. The van der Waals surface area contributed by atoms with Crippen LogP contribution in [-0.2, 0) is 26.2 Å². The largest absolute Gasteiger partial charge is 0.374 e. The van der Waals surface area contributed by atoms with Gasteiger partial charge >= 0.3 is 0 Å². The number of hydrogen-bond donors (Lipinski definition) is 5. The molecule has 0 aromatic heterocycles. The minimum atomic E-state index is -0.950. The van der Waals surface area contributed by atoms with Crippen LogP contribution in [0, 0.1) is 0 Å². The van der Waals surface area contributed by atoms with Gasteiger partial charge in [-0.25, -0.2) is 0 Å². The van der Waals surface area contributed by atoms with Crippen molar-refractivity contribution in [3.05, 3.63) is 142 Å². The number of amides is 3. The van der Waals surface area contributed by atoms with Crippen molar-refractivity contribution in [2.75, 3.05) is 0 Å². The molecule has 4 aromatic carbocycles. The van der Waals surface area contributed by atoms with Gasteiger partial charge in [-0.2, -0.15) is 0 Å². The molecule has 1 unspecified atom stereocenters. The molecule has 202 valence electrons. The fraction of sp³-hybridized carbons (Fsp3) is 0.156. The molecule has 4 aliphatic heterocycles. The molecule has 8 rings (SSSR count). The van der Waals surface area contributed by atoms with E-state index in [0.29, 0.717) is 48.4 Å². The molecular weight excluding hydrogens is 504 g/mol. The maximum Gasteiger partial charge on any atom is 0.251 e. The van der Waals surface area contributed by atoms with E-state index < -0.39 is 6.23 Å². The predicted molar refractivity (Wildman–Crippen MR) is 151 cm³/mol. The lowest BCUT2D eigenvalue weighted by Crippen LogP contribution is -2.25. The van der Waals surface area contributed by atoms with Gasteiger partial charge in [0.25, 0.3) is 17.7 Å². The maximum atomic E-state index is 12.8. The lowest BCUT2D eigenvalue weighted by atomic mass is 10.1. The highest BCUT2D eigenvalue weighted by Crippen LogP contribution is 2.15. The number of aliphatic hydroxyl groups is 1. The summed E-state index contributed by atoms with van der Waals surface area (Å²) in [6, 6.07) is 28.8. The van der Waals surface area contributed by atoms with Gasteiger partial charge in [-0.1, -0.05) is 66.7 Å². The maximum absolute atomic E-state index is 12.8. The number of aliphatic hydroxyl groups excluding tert-OH is 1. The molecule has 8 bridgehead atoms. The van der Waals surface area contributed by atoms with Crippen LogP contribution in [0.2, 0.25) is 0 Å². The summed E-state index contributed by atoms with van der Waals surface area (Å²) >= 11 is 0. The third-order valence-corrected chi connectivity index (χ3v) is 6.76. The van der Waals surface area contributed by atoms with Crippen LogP contribution in [0.3, 0.4) is 0 Å². The van der Waals surface area contributed by atoms with E-state index in [-0.39, 0.29) is 17.7 Å². The Balaban J connectivity index is 1.36. The fourth-order valence-electron chi connectivity index (χ4n) is 4.39. The summed E-state index contributed by atoms with van der Waals surface area (Å²) in [7, 11) is 0. The number of benzene rings is 4. The molecule has 0 spiro atoms. The number of rotatable bonds is 0. The van der Waals surface area contributed by atoms with E-state index >= 15 is 0 Å². The quantitative estimate of drug-likeness (QED) is 0.236. The summed E-state index contributed by atoms with van der Waals surface area (Å²) in [6.07, 6.45) is -0.950. The Kier molecular flexibility index (Phi) is 8.29. The summed E-state index contributed by atoms with van der Waals surface area (Å²) in [6.45, 7) is 1.40. The molecule has 4 aliphatic rings. The zero-order chi connectivity index (χ0) is 27.9. The highest BCUT2D eigenvalue weighted by atomic mass is 16.3. The summed E-state index contributed by atoms with van der Waals surface area (Å²) in [5, 5.41) is 22.5. The number of carbonyl (C=O) groups excluding carboxylic acids is 3. The monoisotopic (exact) mass is 534 g/mol. The van der Waals surface area contributed by atoms with E-state index in [0.717, 1.165) is 22.3 Å². The van der Waals surface area contributed by atoms with Gasteiger partial charge in [-0.3, -0.25) is 19.7 Å². The SMILES string of the molecule is O=C1NCc2ccc(cc2)CNC(=O)c2cccc(c2)C(O)NCc2ccc(cc2)CNC(=O)c2cccc1c2. The zero-order valence-electron chi connectivity index (χ0n) is 21.8. The number of hydrogen-bond acceptors (Lipinski definition) is 5. The first-order valence-corrected chi connectivity index (χ1v) is 13.1. The first-order chi connectivity index (χ1) is 19.4. The van der Waals surface area contributed by atoms with Crippen molar-refractivity contribution in [1.82, 2.24) is 21.3 Å². The van der Waals surface area contributed by atoms with Crippen molar-refractivity contribution in [1.29, 1.82) is 0 Å². The van der Waals surface area contributed by atoms with E-state index in [1.807, 2.05) is 48.5 Å². The Morgan fingerprint density at radius 1 is 0.500 bits per heavy atom. The van der Waals surface area contributed by atoms with Crippen LogP contribution in [0.5, 0.6) is 0 Å². The van der Waals surface area contributed by atoms with Gasteiger partial charge in [-0.05, 0) is 58.1 Å². The van der Waals surface area contributed by atoms with E-state index in [2.05, 4.69) is 21.3 Å². The lowest BCUT2D eigenvalue weighted by Gasteiger charge is -2.15. The Hall–Kier alpha value is -4.79. The zero-order valence-corrected chi connectivity index (χ0v) is 21.8. The molecule has 0 saturated carbocycles. The molecule has 40 heavy (non-hydrogen) atoms. The summed E-state index contributed by atoms with van der Waals surface area (Å²) in [4.78, 5) is 38.3. The average Bonchev–Trinajstić information content (AvgIpc) is 3.00. The molecule has 0 fully saturated rings. The van der Waals surface area contributed by atoms with Crippen LogP contribution < -0.4 is 21.3 Å². The van der Waals surface area contributed by atoms with E-state index in [1.54, 1.807) is 48.5 Å². The van der Waals surface area contributed by atoms with Crippen LogP contribution in [0.15, 0.2) is 97.1 Å². The second-order valence-electron chi connectivity index (χ2n) is 9.67. The number of carbonyl (C=O) groups is 3. The first-order valence-electron chi connectivity index (χ1n) is 13.1. The summed E-state index contributed by atoms with van der Waals surface area (Å²) in [5.74, 6) is -0.782. The third kappa shape index (κ3) is 6.79. The summed E-state index contributed by atoms with van der Waals surface area (Å²) in [5.41, 5.74) is 5.52. The van der Waals surface area contributed by atoms with Crippen molar-refractivity contribution >= 4 is 17.7 Å². The minimum Gasteiger partial charge on any atom is -0.374 e. The average molecular weight is 535 g/mol. The van der Waals surface area contributed by atoms with Crippen LogP contribution in [-0.4, -0.2) is 22.8 Å². The molecule has 4 heterocycles. The molecule has 4 aromatic rings. The molecule has 0 radical (unpaired) electrons. The fourth-order valence-corrected chi connectivity index (χ4v) is 4.39. The molecule has 8 nitrogen and oxygen atoms in total. The van der Waals surface area contributed by atoms with Crippen LogP contribution in [0.4, 0.5) is 0 Å². The van der Waals surface area contributed by atoms with Crippen LogP contribution in [0.1, 0.15) is 65.1 Å². The summed E-state index contributed by atoms with van der Waals surface area (Å²) < 4.78 is 0. The highest BCUT2D eigenvalue weighted by molar-refractivity contribution is 5.99. The van der Waals surface area contributed by atoms with Gasteiger partial charge < -0.3 is 21.1 Å². The number of nitrogens with one attached hydrogen (secondary N) is 4. The second-order valence-corrected chi connectivity index (χ2v) is 9.67. The minimum absolute atomic E-state index is 0.239. The van der Waals surface area contributed by atoms with E-state index in [4.69, 9.17) is 0 Å². The van der Waals surface area contributed by atoms with Gasteiger partial charge in [0.15, 0.2) is 0 Å². The Labute approximate surface area is 232 Å². The van der Waals surface area contributed by atoms with Gasteiger partial charge in [0.2, 0.25) is 0 Å². The Morgan fingerprint density at radius 3 is 1.32 bits per heavy atom. The molecule has 0 saturated heterocycles. The van der Waals surface area contributed by atoms with Gasteiger partial charge in [0.05, 0.1) is 0 Å². The van der Waals surface area contributed by atoms with Crippen LogP contribution in [0.25, 0.3) is 0 Å². The van der Waals surface area contributed by atoms with Crippen molar-refractivity contribution in [2.45, 2.75) is 32.4 Å². The Morgan fingerprint density at radius 2 is 0.875 bits per heavy atom.